The number of ether oxygens (including phenoxy) is 1. The van der Waals surface area contributed by atoms with Crippen molar-refractivity contribution < 1.29 is 9.53 Å². The summed E-state index contributed by atoms with van der Waals surface area (Å²) in [5.41, 5.74) is 0. The smallest absolute Gasteiger partial charge is 0.253 e. The van der Waals surface area contributed by atoms with Crippen LogP contribution in [0.4, 0.5) is 0 Å². The highest BCUT2D eigenvalue weighted by Crippen LogP contribution is 2.15. The van der Waals surface area contributed by atoms with Crippen LogP contribution in [0.1, 0.15) is 18.1 Å². The number of carbonyl (C=O) groups excluding carboxylic acids is 1. The van der Waals surface area contributed by atoms with E-state index in [1.54, 1.807) is 11.9 Å². The van der Waals surface area contributed by atoms with E-state index in [4.69, 9.17) is 4.74 Å². The first-order valence-electron chi connectivity index (χ1n) is 6.74. The first kappa shape index (κ1) is 12.6. The molecule has 1 fully saturated rings. The fraction of sp³-hybridized carbons (Fsp3) is 0.750. The fourth-order valence-electron chi connectivity index (χ4n) is 2.59. The molecule has 104 valence electrons. The third kappa shape index (κ3) is 2.48. The lowest BCUT2D eigenvalue weighted by Crippen LogP contribution is -2.48. The maximum atomic E-state index is 12.2. The number of fused-ring (bicyclic) bond motifs is 1. The second-order valence-electron chi connectivity index (χ2n) is 5.05. The predicted octanol–water partition coefficient (Wildman–Crippen LogP) is -0.829. The van der Waals surface area contributed by atoms with Crippen molar-refractivity contribution in [3.05, 3.63) is 11.6 Å². The molecule has 1 atom stereocenters. The van der Waals surface area contributed by atoms with Gasteiger partial charge in [-0.25, -0.2) is 0 Å². The van der Waals surface area contributed by atoms with Gasteiger partial charge in [0, 0.05) is 33.1 Å². The number of likely N-dealkylation sites (N-methyl/N-ethyl adjacent to an activating group) is 1. The van der Waals surface area contributed by atoms with E-state index in [9.17, 15) is 4.79 Å². The molecule has 0 aromatic carbocycles. The molecule has 1 unspecified atom stereocenters. The predicted molar refractivity (Wildman–Crippen MR) is 67.4 cm³/mol. The summed E-state index contributed by atoms with van der Waals surface area (Å²) in [5, 5.41) is 11.5. The molecule has 3 heterocycles. The van der Waals surface area contributed by atoms with Gasteiger partial charge >= 0.3 is 0 Å². The Labute approximate surface area is 111 Å². The average Bonchev–Trinajstić information content (AvgIpc) is 3.04. The first-order valence-corrected chi connectivity index (χ1v) is 6.74. The highest BCUT2D eigenvalue weighted by Gasteiger charge is 2.26. The Kier molecular flexibility index (Phi) is 3.48. The zero-order valence-electron chi connectivity index (χ0n) is 11.1. The molecule has 0 spiro atoms. The fourth-order valence-corrected chi connectivity index (χ4v) is 2.59. The van der Waals surface area contributed by atoms with E-state index in [0.717, 1.165) is 37.6 Å². The molecule has 0 radical (unpaired) electrons. The van der Waals surface area contributed by atoms with Crippen LogP contribution in [-0.4, -0.2) is 58.4 Å². The number of nitrogens with one attached hydrogen (secondary N) is 1. The number of hydrogen-bond acceptors (Lipinski definition) is 5. The zero-order chi connectivity index (χ0) is 13.2. The van der Waals surface area contributed by atoms with E-state index in [-0.39, 0.29) is 12.0 Å². The van der Waals surface area contributed by atoms with Crippen LogP contribution >= 0.6 is 0 Å². The van der Waals surface area contributed by atoms with Crippen LogP contribution in [0.2, 0.25) is 0 Å². The van der Waals surface area contributed by atoms with Crippen LogP contribution in [0.15, 0.2) is 0 Å². The van der Waals surface area contributed by atoms with E-state index in [0.29, 0.717) is 19.7 Å². The quantitative estimate of drug-likeness (QED) is 0.772. The number of hydrogen-bond donors (Lipinski definition) is 1. The standard InChI is InChI=1S/C12H19N5O2/c1-16(12(18)9-7-13-4-6-19-9)8-11-15-14-10-3-2-5-17(10)11/h9,13H,2-8H2,1H3. The van der Waals surface area contributed by atoms with Crippen LogP contribution in [0.3, 0.4) is 0 Å². The van der Waals surface area contributed by atoms with Crippen molar-refractivity contribution in [2.45, 2.75) is 32.0 Å². The van der Waals surface area contributed by atoms with Crippen molar-refractivity contribution in [2.75, 3.05) is 26.7 Å². The van der Waals surface area contributed by atoms with Gasteiger partial charge in [0.1, 0.15) is 11.9 Å². The summed E-state index contributed by atoms with van der Waals surface area (Å²) < 4.78 is 7.59. The maximum absolute atomic E-state index is 12.2. The van der Waals surface area contributed by atoms with Gasteiger partial charge in [-0.2, -0.15) is 0 Å². The largest absolute Gasteiger partial charge is 0.366 e. The van der Waals surface area contributed by atoms with Gasteiger partial charge in [0.05, 0.1) is 13.2 Å². The van der Waals surface area contributed by atoms with Gasteiger partial charge in [-0.3, -0.25) is 4.79 Å². The summed E-state index contributed by atoms with van der Waals surface area (Å²) in [6, 6.07) is 0. The number of carbonyl (C=O) groups is 1. The normalized spacial score (nSPS) is 22.3. The molecule has 19 heavy (non-hydrogen) atoms. The van der Waals surface area contributed by atoms with E-state index in [1.165, 1.54) is 0 Å². The number of morpholine rings is 1. The molecule has 0 bridgehead atoms. The summed E-state index contributed by atoms with van der Waals surface area (Å²) in [4.78, 5) is 13.9. The van der Waals surface area contributed by atoms with Crippen LogP contribution in [0.25, 0.3) is 0 Å². The van der Waals surface area contributed by atoms with Gasteiger partial charge < -0.3 is 19.5 Å². The lowest BCUT2D eigenvalue weighted by molar-refractivity contribution is -0.144. The first-order chi connectivity index (χ1) is 9.25. The van der Waals surface area contributed by atoms with E-state index >= 15 is 0 Å². The minimum atomic E-state index is -0.375. The third-order valence-electron chi connectivity index (χ3n) is 3.64. The molecule has 1 aromatic heterocycles. The lowest BCUT2D eigenvalue weighted by atomic mass is 10.2. The topological polar surface area (TPSA) is 72.3 Å². The monoisotopic (exact) mass is 265 g/mol. The molecule has 1 saturated heterocycles. The van der Waals surface area contributed by atoms with E-state index < -0.39 is 0 Å². The second kappa shape index (κ2) is 5.26. The maximum Gasteiger partial charge on any atom is 0.253 e. The number of aryl methyl sites for hydroxylation is 1. The van der Waals surface area contributed by atoms with Gasteiger partial charge in [-0.05, 0) is 6.42 Å². The molecule has 1 aromatic rings. The van der Waals surface area contributed by atoms with Crippen molar-refractivity contribution >= 4 is 5.91 Å². The molecule has 0 saturated carbocycles. The van der Waals surface area contributed by atoms with Crippen molar-refractivity contribution in [3.8, 4) is 0 Å². The van der Waals surface area contributed by atoms with Crippen molar-refractivity contribution in [1.29, 1.82) is 0 Å². The highest BCUT2D eigenvalue weighted by atomic mass is 16.5. The van der Waals surface area contributed by atoms with Crippen molar-refractivity contribution in [3.63, 3.8) is 0 Å². The Morgan fingerprint density at radius 2 is 2.47 bits per heavy atom. The SMILES string of the molecule is CN(Cc1nnc2n1CCC2)C(=O)C1CNCCO1. The molecule has 0 aliphatic carbocycles. The Bertz CT molecular complexity index is 467. The molecular weight excluding hydrogens is 246 g/mol. The molecule has 1 N–H and O–H groups in total. The molecule has 7 heteroatoms. The van der Waals surface area contributed by atoms with Crippen LogP contribution < -0.4 is 5.32 Å². The van der Waals surface area contributed by atoms with Gasteiger partial charge in [-0.1, -0.05) is 0 Å². The molecular formula is C12H19N5O2. The molecule has 1 amide bonds. The lowest BCUT2D eigenvalue weighted by Gasteiger charge is -2.27. The van der Waals surface area contributed by atoms with E-state index in [2.05, 4.69) is 20.1 Å². The van der Waals surface area contributed by atoms with Crippen molar-refractivity contribution in [2.24, 2.45) is 0 Å². The molecule has 2 aliphatic rings. The Morgan fingerprint density at radius 1 is 1.58 bits per heavy atom. The molecule has 3 rings (SSSR count). The molecule has 7 nitrogen and oxygen atoms in total. The number of nitrogens with zero attached hydrogens (tertiary/aromatic N) is 4. The molecule has 2 aliphatic heterocycles. The number of amides is 1. The summed E-state index contributed by atoms with van der Waals surface area (Å²) in [6.07, 6.45) is 1.73. The summed E-state index contributed by atoms with van der Waals surface area (Å²) in [7, 11) is 1.79. The van der Waals surface area contributed by atoms with Crippen molar-refractivity contribution in [1.82, 2.24) is 25.0 Å². The number of aromatic nitrogens is 3. The Morgan fingerprint density at radius 3 is 3.26 bits per heavy atom. The minimum Gasteiger partial charge on any atom is -0.366 e. The van der Waals surface area contributed by atoms with Gasteiger partial charge in [-0.15, -0.1) is 10.2 Å². The Balaban J connectivity index is 1.63. The zero-order valence-corrected chi connectivity index (χ0v) is 11.1. The highest BCUT2D eigenvalue weighted by molar-refractivity contribution is 5.81. The van der Waals surface area contributed by atoms with Crippen LogP contribution in [0, 0.1) is 0 Å². The van der Waals surface area contributed by atoms with E-state index in [1.807, 2.05) is 0 Å². The average molecular weight is 265 g/mol. The van der Waals surface area contributed by atoms with Gasteiger partial charge in [0.2, 0.25) is 0 Å². The summed E-state index contributed by atoms with van der Waals surface area (Å²) in [6.45, 7) is 3.43. The van der Waals surface area contributed by atoms with Gasteiger partial charge in [0.15, 0.2) is 5.82 Å². The second-order valence-corrected chi connectivity index (χ2v) is 5.05. The van der Waals surface area contributed by atoms with Crippen LogP contribution in [0.5, 0.6) is 0 Å². The summed E-state index contributed by atoms with van der Waals surface area (Å²) >= 11 is 0. The Hall–Kier alpha value is -1.47. The number of rotatable bonds is 3. The van der Waals surface area contributed by atoms with Gasteiger partial charge in [0.25, 0.3) is 5.91 Å². The summed E-state index contributed by atoms with van der Waals surface area (Å²) in [5.74, 6) is 1.90. The third-order valence-corrected chi connectivity index (χ3v) is 3.64. The van der Waals surface area contributed by atoms with Crippen LogP contribution in [-0.2, 0) is 29.0 Å². The minimum absolute atomic E-state index is 0.00236.